The lowest BCUT2D eigenvalue weighted by Crippen LogP contribution is -2.33. The van der Waals surface area contributed by atoms with E-state index in [1.807, 2.05) is 6.92 Å². The van der Waals surface area contributed by atoms with Gasteiger partial charge in [0, 0.05) is 17.5 Å². The molecule has 0 saturated carbocycles. The SMILES string of the molecule is CCCNC(CO)CCSc1cc(C)cc(C)n1. The van der Waals surface area contributed by atoms with E-state index < -0.39 is 0 Å². The van der Waals surface area contributed by atoms with Gasteiger partial charge in [-0.1, -0.05) is 6.92 Å². The Morgan fingerprint density at radius 2 is 2.17 bits per heavy atom. The fourth-order valence-corrected chi connectivity index (χ4v) is 2.88. The van der Waals surface area contributed by atoms with Gasteiger partial charge in [0.25, 0.3) is 0 Å². The third-order valence-electron chi connectivity index (χ3n) is 2.69. The van der Waals surface area contributed by atoms with Crippen molar-refractivity contribution in [2.45, 2.75) is 44.7 Å². The number of hydrogen-bond donors (Lipinski definition) is 2. The Kier molecular flexibility index (Phi) is 7.32. The Hall–Kier alpha value is -0.580. The van der Waals surface area contributed by atoms with Crippen LogP contribution in [0.15, 0.2) is 17.2 Å². The first-order valence-corrected chi connectivity index (χ1v) is 7.56. The van der Waals surface area contributed by atoms with E-state index in [1.165, 1.54) is 5.56 Å². The van der Waals surface area contributed by atoms with Gasteiger partial charge in [0.05, 0.1) is 11.6 Å². The van der Waals surface area contributed by atoms with E-state index in [-0.39, 0.29) is 12.6 Å². The molecule has 0 aliphatic carbocycles. The van der Waals surface area contributed by atoms with Gasteiger partial charge in [0.15, 0.2) is 0 Å². The first-order valence-electron chi connectivity index (χ1n) is 6.58. The van der Waals surface area contributed by atoms with Crippen LogP contribution in [0.5, 0.6) is 0 Å². The molecule has 0 amide bonds. The molecule has 0 aliphatic rings. The summed E-state index contributed by atoms with van der Waals surface area (Å²) >= 11 is 1.76. The maximum atomic E-state index is 9.25. The summed E-state index contributed by atoms with van der Waals surface area (Å²) in [5.41, 5.74) is 2.33. The maximum absolute atomic E-state index is 9.25. The Labute approximate surface area is 114 Å². The molecular formula is C14H24N2OS. The molecule has 0 saturated heterocycles. The molecule has 0 aromatic carbocycles. The minimum Gasteiger partial charge on any atom is -0.395 e. The molecule has 1 atom stereocenters. The van der Waals surface area contributed by atoms with Gasteiger partial charge in [0.1, 0.15) is 0 Å². The Morgan fingerprint density at radius 1 is 1.39 bits per heavy atom. The van der Waals surface area contributed by atoms with Crippen LogP contribution in [0, 0.1) is 13.8 Å². The third kappa shape index (κ3) is 5.85. The van der Waals surface area contributed by atoms with Crippen molar-refractivity contribution in [2.75, 3.05) is 18.9 Å². The van der Waals surface area contributed by atoms with Gasteiger partial charge in [-0.25, -0.2) is 4.98 Å². The van der Waals surface area contributed by atoms with Crippen LogP contribution >= 0.6 is 11.8 Å². The lowest BCUT2D eigenvalue weighted by Gasteiger charge is -2.15. The highest BCUT2D eigenvalue weighted by molar-refractivity contribution is 7.99. The number of rotatable bonds is 8. The van der Waals surface area contributed by atoms with Crippen molar-refractivity contribution < 1.29 is 5.11 Å². The molecule has 4 heteroatoms. The van der Waals surface area contributed by atoms with Crippen LogP contribution < -0.4 is 5.32 Å². The first kappa shape index (κ1) is 15.5. The fourth-order valence-electron chi connectivity index (χ4n) is 1.79. The summed E-state index contributed by atoms with van der Waals surface area (Å²) in [4.78, 5) is 4.50. The highest BCUT2D eigenvalue weighted by Gasteiger charge is 2.06. The summed E-state index contributed by atoms with van der Waals surface area (Å²) in [5.74, 6) is 0.984. The largest absolute Gasteiger partial charge is 0.395 e. The van der Waals surface area contributed by atoms with Gasteiger partial charge in [-0.15, -0.1) is 11.8 Å². The Balaban J connectivity index is 2.35. The standard InChI is InChI=1S/C14H24N2OS/c1-4-6-15-13(10-17)5-7-18-14-9-11(2)8-12(3)16-14/h8-9,13,15,17H,4-7,10H2,1-3H3. The monoisotopic (exact) mass is 268 g/mol. The maximum Gasteiger partial charge on any atom is 0.0965 e. The third-order valence-corrected chi connectivity index (χ3v) is 3.64. The zero-order valence-corrected chi connectivity index (χ0v) is 12.4. The van der Waals surface area contributed by atoms with Crippen molar-refractivity contribution in [3.05, 3.63) is 23.4 Å². The molecule has 0 spiro atoms. The van der Waals surface area contributed by atoms with Crippen LogP contribution in [0.25, 0.3) is 0 Å². The molecule has 0 bridgehead atoms. The normalized spacial score (nSPS) is 12.7. The van der Waals surface area contributed by atoms with Gasteiger partial charge in [-0.05, 0) is 50.9 Å². The van der Waals surface area contributed by atoms with E-state index in [4.69, 9.17) is 0 Å². The average Bonchev–Trinajstić information content (AvgIpc) is 2.32. The zero-order valence-electron chi connectivity index (χ0n) is 11.6. The second-order valence-electron chi connectivity index (χ2n) is 4.59. The van der Waals surface area contributed by atoms with Crippen molar-refractivity contribution in [2.24, 2.45) is 0 Å². The number of aryl methyl sites for hydroxylation is 2. The van der Waals surface area contributed by atoms with Gasteiger partial charge in [0.2, 0.25) is 0 Å². The Morgan fingerprint density at radius 3 is 2.78 bits per heavy atom. The van der Waals surface area contributed by atoms with Crippen molar-refractivity contribution in [1.29, 1.82) is 0 Å². The minimum atomic E-state index is 0.209. The van der Waals surface area contributed by atoms with Gasteiger partial charge in [-0.2, -0.15) is 0 Å². The molecule has 102 valence electrons. The van der Waals surface area contributed by atoms with Crippen LogP contribution in [0.4, 0.5) is 0 Å². The molecule has 0 radical (unpaired) electrons. The van der Waals surface area contributed by atoms with E-state index in [2.05, 4.69) is 36.3 Å². The van der Waals surface area contributed by atoms with E-state index in [9.17, 15) is 5.11 Å². The molecule has 1 rings (SSSR count). The van der Waals surface area contributed by atoms with Gasteiger partial charge < -0.3 is 10.4 Å². The second kappa shape index (κ2) is 8.51. The van der Waals surface area contributed by atoms with Crippen molar-refractivity contribution in [3.63, 3.8) is 0 Å². The Bertz CT molecular complexity index is 337. The smallest absolute Gasteiger partial charge is 0.0965 e. The molecule has 1 heterocycles. The predicted molar refractivity (Wildman–Crippen MR) is 78.2 cm³/mol. The topological polar surface area (TPSA) is 45.1 Å². The number of aliphatic hydroxyl groups is 1. The first-order chi connectivity index (χ1) is 8.65. The summed E-state index contributed by atoms with van der Waals surface area (Å²) < 4.78 is 0. The number of nitrogens with one attached hydrogen (secondary N) is 1. The van der Waals surface area contributed by atoms with Crippen molar-refractivity contribution in [3.8, 4) is 0 Å². The minimum absolute atomic E-state index is 0.209. The van der Waals surface area contributed by atoms with Gasteiger partial charge in [-0.3, -0.25) is 0 Å². The lowest BCUT2D eigenvalue weighted by molar-refractivity contribution is 0.240. The van der Waals surface area contributed by atoms with Crippen LogP contribution in [0.1, 0.15) is 31.0 Å². The number of nitrogens with zero attached hydrogens (tertiary/aromatic N) is 1. The van der Waals surface area contributed by atoms with E-state index >= 15 is 0 Å². The van der Waals surface area contributed by atoms with Crippen LogP contribution in [-0.4, -0.2) is 35.0 Å². The number of thioether (sulfide) groups is 1. The highest BCUT2D eigenvalue weighted by atomic mass is 32.2. The molecule has 2 N–H and O–H groups in total. The highest BCUT2D eigenvalue weighted by Crippen LogP contribution is 2.18. The summed E-state index contributed by atoms with van der Waals surface area (Å²) in [6.45, 7) is 7.43. The summed E-state index contributed by atoms with van der Waals surface area (Å²) in [6, 6.07) is 4.41. The molecule has 0 aliphatic heterocycles. The quantitative estimate of drug-likeness (QED) is 0.711. The van der Waals surface area contributed by atoms with Crippen LogP contribution in [0.3, 0.4) is 0 Å². The number of aliphatic hydroxyl groups excluding tert-OH is 1. The van der Waals surface area contributed by atoms with E-state index in [0.717, 1.165) is 35.9 Å². The fraction of sp³-hybridized carbons (Fsp3) is 0.643. The molecule has 1 unspecified atom stereocenters. The van der Waals surface area contributed by atoms with Crippen LogP contribution in [-0.2, 0) is 0 Å². The van der Waals surface area contributed by atoms with Crippen molar-refractivity contribution in [1.82, 2.24) is 10.3 Å². The molecule has 18 heavy (non-hydrogen) atoms. The predicted octanol–water partition coefficient (Wildman–Crippen LogP) is 2.54. The van der Waals surface area contributed by atoms with Crippen LogP contribution in [0.2, 0.25) is 0 Å². The lowest BCUT2D eigenvalue weighted by atomic mass is 10.2. The summed E-state index contributed by atoms with van der Waals surface area (Å²) in [5, 5.41) is 13.7. The zero-order chi connectivity index (χ0) is 13.4. The van der Waals surface area contributed by atoms with E-state index in [1.54, 1.807) is 11.8 Å². The molecule has 3 nitrogen and oxygen atoms in total. The number of pyridine rings is 1. The van der Waals surface area contributed by atoms with Gasteiger partial charge >= 0.3 is 0 Å². The molecular weight excluding hydrogens is 244 g/mol. The average molecular weight is 268 g/mol. The molecule has 0 fully saturated rings. The summed E-state index contributed by atoms with van der Waals surface area (Å²) in [6.07, 6.45) is 2.07. The van der Waals surface area contributed by atoms with E-state index in [0.29, 0.717) is 0 Å². The molecule has 1 aromatic heterocycles. The number of hydrogen-bond acceptors (Lipinski definition) is 4. The number of aromatic nitrogens is 1. The summed E-state index contributed by atoms with van der Waals surface area (Å²) in [7, 11) is 0. The van der Waals surface area contributed by atoms with Crippen molar-refractivity contribution >= 4 is 11.8 Å². The second-order valence-corrected chi connectivity index (χ2v) is 5.71. The molecule has 1 aromatic rings.